The maximum atomic E-state index is 4.42. The maximum Gasteiger partial charge on any atom is 0.248 e. The van der Waals surface area contributed by atoms with Crippen molar-refractivity contribution in [3.05, 3.63) is 18.1 Å². The first kappa shape index (κ1) is 12.3. The number of aryl methyl sites for hydroxylation is 2. The van der Waals surface area contributed by atoms with Gasteiger partial charge < -0.3 is 4.90 Å². The molecular formula is C11H17N7. The van der Waals surface area contributed by atoms with E-state index in [1.165, 1.54) is 0 Å². The first-order valence-corrected chi connectivity index (χ1v) is 5.77. The quantitative estimate of drug-likeness (QED) is 0.875. The minimum Gasteiger partial charge on any atom is -0.362 e. The lowest BCUT2D eigenvalue weighted by atomic mass is 10.3. The van der Waals surface area contributed by atoms with Gasteiger partial charge in [0.2, 0.25) is 11.9 Å². The summed E-state index contributed by atoms with van der Waals surface area (Å²) in [7, 11) is 3.90. The van der Waals surface area contributed by atoms with E-state index in [-0.39, 0.29) is 0 Å². The average Bonchev–Trinajstić information content (AvgIpc) is 2.79. The van der Waals surface area contributed by atoms with E-state index >= 15 is 0 Å². The SMILES string of the molecule is CCn1cnc(Nc2ncc(C)c(N(C)C)n2)n1. The molecule has 0 aromatic carbocycles. The second-order valence-electron chi connectivity index (χ2n) is 4.14. The topological polar surface area (TPSA) is 71.8 Å². The third-order valence-corrected chi connectivity index (χ3v) is 2.45. The van der Waals surface area contributed by atoms with Crippen LogP contribution in [0.15, 0.2) is 12.5 Å². The lowest BCUT2D eigenvalue weighted by Crippen LogP contribution is -2.14. The van der Waals surface area contributed by atoms with Gasteiger partial charge in [0.05, 0.1) is 0 Å². The normalized spacial score (nSPS) is 10.4. The van der Waals surface area contributed by atoms with Crippen molar-refractivity contribution in [3.8, 4) is 0 Å². The van der Waals surface area contributed by atoms with Crippen LogP contribution in [0, 0.1) is 6.92 Å². The Bertz CT molecular complexity index is 532. The van der Waals surface area contributed by atoms with Gasteiger partial charge in [0.15, 0.2) is 0 Å². The summed E-state index contributed by atoms with van der Waals surface area (Å²) in [5, 5.41) is 7.21. The summed E-state index contributed by atoms with van der Waals surface area (Å²) >= 11 is 0. The van der Waals surface area contributed by atoms with Gasteiger partial charge in [-0.2, -0.15) is 4.98 Å². The highest BCUT2D eigenvalue weighted by Gasteiger charge is 2.07. The van der Waals surface area contributed by atoms with Gasteiger partial charge in [-0.3, -0.25) is 10.00 Å². The van der Waals surface area contributed by atoms with Crippen LogP contribution in [0.5, 0.6) is 0 Å². The molecule has 0 bridgehead atoms. The zero-order chi connectivity index (χ0) is 13.1. The minimum absolute atomic E-state index is 0.498. The summed E-state index contributed by atoms with van der Waals surface area (Å²) in [5.74, 6) is 1.88. The van der Waals surface area contributed by atoms with Crippen molar-refractivity contribution >= 4 is 17.7 Å². The number of hydrogen-bond donors (Lipinski definition) is 1. The molecule has 18 heavy (non-hydrogen) atoms. The van der Waals surface area contributed by atoms with E-state index in [1.54, 1.807) is 17.2 Å². The third-order valence-electron chi connectivity index (χ3n) is 2.45. The van der Waals surface area contributed by atoms with Gasteiger partial charge in [-0.05, 0) is 13.8 Å². The lowest BCUT2D eigenvalue weighted by molar-refractivity contribution is 0.660. The number of rotatable bonds is 4. The molecule has 0 aliphatic carbocycles. The Hall–Kier alpha value is -2.18. The minimum atomic E-state index is 0.498. The molecule has 0 atom stereocenters. The van der Waals surface area contributed by atoms with Crippen LogP contribution >= 0.6 is 0 Å². The maximum absolute atomic E-state index is 4.42. The zero-order valence-corrected chi connectivity index (χ0v) is 11.0. The van der Waals surface area contributed by atoms with Crippen LogP contribution in [0.4, 0.5) is 17.7 Å². The zero-order valence-electron chi connectivity index (χ0n) is 11.0. The Kier molecular flexibility index (Phi) is 3.40. The van der Waals surface area contributed by atoms with Crippen molar-refractivity contribution in [1.82, 2.24) is 24.7 Å². The smallest absolute Gasteiger partial charge is 0.248 e. The molecule has 0 fully saturated rings. The van der Waals surface area contributed by atoms with E-state index in [0.717, 1.165) is 17.9 Å². The van der Waals surface area contributed by atoms with Crippen LogP contribution in [0.2, 0.25) is 0 Å². The largest absolute Gasteiger partial charge is 0.362 e. The van der Waals surface area contributed by atoms with Gasteiger partial charge in [0.25, 0.3) is 0 Å². The molecule has 0 saturated heterocycles. The number of aromatic nitrogens is 5. The van der Waals surface area contributed by atoms with Gasteiger partial charge in [0, 0.05) is 32.4 Å². The van der Waals surface area contributed by atoms with E-state index in [0.29, 0.717) is 11.9 Å². The molecule has 0 radical (unpaired) electrons. The third kappa shape index (κ3) is 2.55. The molecule has 2 rings (SSSR count). The molecule has 2 heterocycles. The van der Waals surface area contributed by atoms with Crippen molar-refractivity contribution in [2.75, 3.05) is 24.3 Å². The Morgan fingerprint density at radius 2 is 2.06 bits per heavy atom. The van der Waals surface area contributed by atoms with Crippen LogP contribution in [-0.4, -0.2) is 38.8 Å². The standard InChI is InChI=1S/C11H17N7/c1-5-18-7-13-11(16-18)15-10-12-6-8(2)9(14-10)17(3)4/h6-7H,5H2,1-4H3,(H,12,14,15,16). The second-order valence-corrected chi connectivity index (χ2v) is 4.14. The first-order chi connectivity index (χ1) is 8.60. The molecule has 0 amide bonds. The van der Waals surface area contributed by atoms with Crippen molar-refractivity contribution < 1.29 is 0 Å². The van der Waals surface area contributed by atoms with Gasteiger partial charge in [0.1, 0.15) is 12.1 Å². The average molecular weight is 247 g/mol. The van der Waals surface area contributed by atoms with Gasteiger partial charge in [-0.1, -0.05) is 0 Å². The van der Waals surface area contributed by atoms with Crippen LogP contribution in [0.25, 0.3) is 0 Å². The Balaban J connectivity index is 2.21. The molecule has 7 nitrogen and oxygen atoms in total. The molecule has 7 heteroatoms. The molecule has 0 spiro atoms. The molecule has 0 saturated carbocycles. The highest BCUT2D eigenvalue weighted by molar-refractivity contribution is 5.50. The van der Waals surface area contributed by atoms with Gasteiger partial charge >= 0.3 is 0 Å². The highest BCUT2D eigenvalue weighted by atomic mass is 15.4. The molecule has 0 unspecified atom stereocenters. The summed E-state index contributed by atoms with van der Waals surface area (Å²) < 4.78 is 1.74. The van der Waals surface area contributed by atoms with Crippen molar-refractivity contribution in [2.45, 2.75) is 20.4 Å². The predicted octanol–water partition coefficient (Wildman–Crippen LogP) is 1.21. The molecular weight excluding hydrogens is 230 g/mol. The fourth-order valence-corrected chi connectivity index (χ4v) is 1.55. The number of hydrogen-bond acceptors (Lipinski definition) is 6. The van der Waals surface area contributed by atoms with Crippen molar-refractivity contribution in [3.63, 3.8) is 0 Å². The van der Waals surface area contributed by atoms with Crippen LogP contribution in [0.1, 0.15) is 12.5 Å². The first-order valence-electron chi connectivity index (χ1n) is 5.77. The second kappa shape index (κ2) is 4.99. The number of nitrogens with one attached hydrogen (secondary N) is 1. The van der Waals surface area contributed by atoms with Crippen molar-refractivity contribution in [2.24, 2.45) is 0 Å². The van der Waals surface area contributed by atoms with E-state index in [2.05, 4.69) is 25.4 Å². The molecule has 2 aromatic rings. The van der Waals surface area contributed by atoms with Crippen LogP contribution < -0.4 is 10.2 Å². The Morgan fingerprint density at radius 1 is 1.28 bits per heavy atom. The van der Waals surface area contributed by atoms with Crippen LogP contribution in [0.3, 0.4) is 0 Å². The molecule has 2 aromatic heterocycles. The molecule has 1 N–H and O–H groups in total. The van der Waals surface area contributed by atoms with Gasteiger partial charge in [-0.25, -0.2) is 9.97 Å². The Morgan fingerprint density at radius 3 is 2.67 bits per heavy atom. The van der Waals surface area contributed by atoms with E-state index in [1.807, 2.05) is 32.8 Å². The monoisotopic (exact) mass is 247 g/mol. The summed E-state index contributed by atoms with van der Waals surface area (Å²) in [6.07, 6.45) is 3.45. The van der Waals surface area contributed by atoms with Crippen LogP contribution in [-0.2, 0) is 6.54 Å². The molecule has 96 valence electrons. The summed E-state index contributed by atoms with van der Waals surface area (Å²) in [6, 6.07) is 0. The number of anilines is 3. The summed E-state index contributed by atoms with van der Waals surface area (Å²) in [5.41, 5.74) is 1.03. The lowest BCUT2D eigenvalue weighted by Gasteiger charge is -2.14. The fourth-order valence-electron chi connectivity index (χ4n) is 1.55. The highest BCUT2D eigenvalue weighted by Crippen LogP contribution is 2.16. The van der Waals surface area contributed by atoms with E-state index in [9.17, 15) is 0 Å². The van der Waals surface area contributed by atoms with Crippen molar-refractivity contribution in [1.29, 1.82) is 0 Å². The number of nitrogens with zero attached hydrogens (tertiary/aromatic N) is 6. The van der Waals surface area contributed by atoms with Gasteiger partial charge in [-0.15, -0.1) is 5.10 Å². The van der Waals surface area contributed by atoms with E-state index in [4.69, 9.17) is 0 Å². The molecule has 0 aliphatic heterocycles. The Labute approximate surface area is 106 Å². The summed E-state index contributed by atoms with van der Waals surface area (Å²) in [4.78, 5) is 14.7. The van der Waals surface area contributed by atoms with E-state index < -0.39 is 0 Å². The summed E-state index contributed by atoms with van der Waals surface area (Å²) in [6.45, 7) is 4.76. The fraction of sp³-hybridized carbons (Fsp3) is 0.455. The predicted molar refractivity (Wildman–Crippen MR) is 70.1 cm³/mol. The molecule has 0 aliphatic rings.